The average Bonchev–Trinajstić information content (AvgIpc) is 3.32. The molecule has 1 amide bonds. The average molecular weight is 527 g/mol. The van der Waals surface area contributed by atoms with Gasteiger partial charge in [-0.1, -0.05) is 23.7 Å². The molecule has 0 radical (unpaired) electrons. The maximum absolute atomic E-state index is 11.9. The zero-order valence-electron chi connectivity index (χ0n) is 16.6. The molecule has 0 saturated heterocycles. The normalized spacial score (nSPS) is 11.2. The van der Waals surface area contributed by atoms with Gasteiger partial charge in [-0.2, -0.15) is 5.10 Å². The number of hydrogen-bond acceptors (Lipinski definition) is 4. The Bertz CT molecular complexity index is 983. The van der Waals surface area contributed by atoms with E-state index in [0.717, 1.165) is 40.1 Å². The molecular weight excluding hydrogens is 503 g/mol. The van der Waals surface area contributed by atoms with Crippen molar-refractivity contribution in [3.05, 3.63) is 52.9 Å². The van der Waals surface area contributed by atoms with Gasteiger partial charge in [0.25, 0.3) is 0 Å². The van der Waals surface area contributed by atoms with Crippen LogP contribution in [0, 0.1) is 0 Å². The van der Waals surface area contributed by atoms with Crippen molar-refractivity contribution in [2.75, 3.05) is 27.7 Å². The molecule has 0 unspecified atom stereocenters. The summed E-state index contributed by atoms with van der Waals surface area (Å²) in [5.41, 5.74) is 6.15. The van der Waals surface area contributed by atoms with E-state index in [9.17, 15) is 4.79 Å². The van der Waals surface area contributed by atoms with Crippen LogP contribution in [0.1, 0.15) is 11.1 Å². The second-order valence-corrected chi connectivity index (χ2v) is 8.79. The van der Waals surface area contributed by atoms with Gasteiger partial charge in [0.05, 0.1) is 41.3 Å². The Morgan fingerprint density at radius 3 is 2.72 bits per heavy atom. The van der Waals surface area contributed by atoms with Crippen LogP contribution in [-0.4, -0.2) is 56.8 Å². The summed E-state index contributed by atoms with van der Waals surface area (Å²) >= 11 is 8.56. The fourth-order valence-corrected chi connectivity index (χ4v) is 3.59. The molecule has 29 heavy (non-hydrogen) atoms. The highest BCUT2D eigenvalue weighted by Gasteiger charge is 2.16. The van der Waals surface area contributed by atoms with Crippen LogP contribution in [0.4, 0.5) is 0 Å². The molecule has 1 aromatic carbocycles. The molecule has 0 spiro atoms. The first-order chi connectivity index (χ1) is 13.9. The number of carbonyl (C=O) groups is 1. The number of nitrogens with zero attached hydrogens (tertiary/aromatic N) is 3. The van der Waals surface area contributed by atoms with Crippen molar-refractivity contribution in [1.82, 2.24) is 28.5 Å². The van der Waals surface area contributed by atoms with E-state index in [2.05, 4.69) is 20.5 Å². The monoisotopic (exact) mass is 526 g/mol. The first-order valence-corrected chi connectivity index (χ1v) is 10.5. The van der Waals surface area contributed by atoms with Crippen molar-refractivity contribution in [2.45, 2.75) is 13.1 Å². The highest BCUT2D eigenvalue weighted by Crippen LogP contribution is 2.34. The maximum Gasteiger partial charge on any atom is 0.245 e. The van der Waals surface area contributed by atoms with E-state index >= 15 is 0 Å². The summed E-state index contributed by atoms with van der Waals surface area (Å²) in [6.07, 6.45) is 5.77. The van der Waals surface area contributed by atoms with Crippen LogP contribution in [0.2, 0.25) is 5.02 Å². The van der Waals surface area contributed by atoms with Gasteiger partial charge < -0.3 is 10.3 Å². The lowest BCUT2D eigenvalue weighted by molar-refractivity contribution is -0.125. The van der Waals surface area contributed by atoms with Gasteiger partial charge in [-0.15, -0.1) is 0 Å². The second kappa shape index (κ2) is 9.75. The minimum Gasteiger partial charge on any atom is -0.367 e. The number of benzene rings is 1. The van der Waals surface area contributed by atoms with E-state index in [1.54, 1.807) is 10.2 Å². The summed E-state index contributed by atoms with van der Waals surface area (Å²) in [6.45, 7) is 1.69. The first kappa shape index (κ1) is 21.8. The Morgan fingerprint density at radius 1 is 1.24 bits per heavy atom. The van der Waals surface area contributed by atoms with Gasteiger partial charge in [0.1, 0.15) is 0 Å². The minimum atomic E-state index is 0.0488. The molecule has 0 aliphatic carbocycles. The number of rotatable bonds is 8. The summed E-state index contributed by atoms with van der Waals surface area (Å²) in [6, 6.07) is 6.00. The topological polar surface area (TPSA) is 80.0 Å². The van der Waals surface area contributed by atoms with E-state index in [-0.39, 0.29) is 5.91 Å². The molecule has 0 atom stereocenters. The van der Waals surface area contributed by atoms with Gasteiger partial charge in [-0.05, 0) is 36.9 Å². The van der Waals surface area contributed by atoms with E-state index < -0.39 is 0 Å². The van der Waals surface area contributed by atoms with E-state index in [4.69, 9.17) is 11.6 Å². The number of nitrogens with one attached hydrogen (secondary N) is 3. The molecule has 7 nitrogen and oxygen atoms in total. The molecule has 0 bridgehead atoms. The van der Waals surface area contributed by atoms with Gasteiger partial charge in [-0.3, -0.25) is 17.9 Å². The number of amides is 1. The molecule has 2 aromatic heterocycles. The smallest absolute Gasteiger partial charge is 0.245 e. The Labute approximate surface area is 189 Å². The van der Waals surface area contributed by atoms with Crippen LogP contribution >= 0.6 is 34.5 Å². The van der Waals surface area contributed by atoms with Gasteiger partial charge in [0.15, 0.2) is 0 Å². The SMILES string of the molecule is CNCc1c[nH]cc1-c1[nH]ncc1-c1ccc(CN(C)CC(=O)N(C)I)c(Cl)c1. The molecule has 0 aliphatic rings. The van der Waals surface area contributed by atoms with E-state index in [1.165, 1.54) is 0 Å². The standard InChI is InChI=1S/C20H24ClIN6O/c1-23-7-15-8-24-9-16(15)20-17(10-25-26-20)13-4-5-14(18(21)6-13)11-27(2)12-19(29)28(3)22/h4-6,8-10,23-24H,7,11-12H2,1-3H3,(H,25,26). The highest BCUT2D eigenvalue weighted by molar-refractivity contribution is 14.1. The zero-order chi connectivity index (χ0) is 21.0. The molecule has 0 aliphatic heterocycles. The van der Waals surface area contributed by atoms with Crippen LogP contribution in [0.5, 0.6) is 0 Å². The van der Waals surface area contributed by atoms with Crippen molar-refractivity contribution in [3.8, 4) is 22.4 Å². The molecule has 0 fully saturated rings. The first-order valence-electron chi connectivity index (χ1n) is 9.14. The van der Waals surface area contributed by atoms with Crippen LogP contribution in [0.3, 0.4) is 0 Å². The predicted molar refractivity (Wildman–Crippen MR) is 125 cm³/mol. The molecule has 3 aromatic rings. The Morgan fingerprint density at radius 2 is 2.03 bits per heavy atom. The number of hydrogen-bond donors (Lipinski definition) is 3. The lowest BCUT2D eigenvalue weighted by atomic mass is 10.00. The molecular formula is C20H24ClIN6O. The molecule has 154 valence electrons. The van der Waals surface area contributed by atoms with Crippen LogP contribution < -0.4 is 5.32 Å². The number of aromatic amines is 2. The lowest BCUT2D eigenvalue weighted by Gasteiger charge is -2.19. The van der Waals surface area contributed by atoms with Crippen molar-refractivity contribution in [1.29, 1.82) is 0 Å². The third kappa shape index (κ3) is 5.19. The quantitative estimate of drug-likeness (QED) is 0.309. The van der Waals surface area contributed by atoms with Crippen LogP contribution in [-0.2, 0) is 17.9 Å². The number of carbonyl (C=O) groups excluding carboxylic acids is 1. The lowest BCUT2D eigenvalue weighted by Crippen LogP contribution is -2.31. The predicted octanol–water partition coefficient (Wildman–Crippen LogP) is 3.68. The third-order valence-electron chi connectivity index (χ3n) is 4.66. The van der Waals surface area contributed by atoms with Gasteiger partial charge in [-0.25, -0.2) is 0 Å². The Kier molecular flexibility index (Phi) is 7.33. The maximum atomic E-state index is 11.9. The number of aromatic nitrogens is 3. The summed E-state index contributed by atoms with van der Waals surface area (Å²) in [5.74, 6) is 0.0488. The Balaban J connectivity index is 1.82. The van der Waals surface area contributed by atoms with Crippen molar-refractivity contribution < 1.29 is 4.79 Å². The molecule has 2 heterocycles. The van der Waals surface area contributed by atoms with Crippen LogP contribution in [0.25, 0.3) is 22.4 Å². The molecule has 9 heteroatoms. The second-order valence-electron chi connectivity index (χ2n) is 6.93. The van der Waals surface area contributed by atoms with E-state index in [0.29, 0.717) is 18.1 Å². The van der Waals surface area contributed by atoms with Crippen molar-refractivity contribution in [3.63, 3.8) is 0 Å². The summed E-state index contributed by atoms with van der Waals surface area (Å²) in [4.78, 5) is 17.0. The number of H-pyrrole nitrogens is 2. The van der Waals surface area contributed by atoms with Gasteiger partial charge in [0, 0.05) is 48.7 Å². The number of likely N-dealkylation sites (N-methyl/N-ethyl adjacent to an activating group) is 2. The van der Waals surface area contributed by atoms with Gasteiger partial charge in [0.2, 0.25) is 5.91 Å². The molecule has 0 saturated carbocycles. The largest absolute Gasteiger partial charge is 0.367 e. The fourth-order valence-electron chi connectivity index (χ4n) is 3.19. The summed E-state index contributed by atoms with van der Waals surface area (Å²) in [7, 11) is 5.57. The van der Waals surface area contributed by atoms with E-state index in [1.807, 2.05) is 78.6 Å². The summed E-state index contributed by atoms with van der Waals surface area (Å²) < 4.78 is 1.56. The van der Waals surface area contributed by atoms with Crippen molar-refractivity contribution in [2.24, 2.45) is 0 Å². The zero-order valence-corrected chi connectivity index (χ0v) is 19.5. The van der Waals surface area contributed by atoms with Crippen LogP contribution in [0.15, 0.2) is 36.8 Å². The minimum absolute atomic E-state index is 0.0488. The van der Waals surface area contributed by atoms with Crippen molar-refractivity contribution >= 4 is 40.4 Å². The Hall–Kier alpha value is -1.88. The fraction of sp³-hybridized carbons (Fsp3) is 0.300. The third-order valence-corrected chi connectivity index (χ3v) is 5.55. The van der Waals surface area contributed by atoms with Gasteiger partial charge >= 0.3 is 0 Å². The molecule has 3 N–H and O–H groups in total. The molecule has 3 rings (SSSR count). The highest BCUT2D eigenvalue weighted by atomic mass is 127. The summed E-state index contributed by atoms with van der Waals surface area (Å²) in [5, 5.41) is 11.2. The number of halogens is 2.